The second-order valence-electron chi connectivity index (χ2n) is 5.56. The third-order valence-electron chi connectivity index (χ3n) is 3.58. The molecule has 2 aromatic heterocycles. The number of carbonyl (C=O) groups is 1. The van der Waals surface area contributed by atoms with Gasteiger partial charge in [0.15, 0.2) is 0 Å². The summed E-state index contributed by atoms with van der Waals surface area (Å²) >= 11 is 12.9. The smallest absolute Gasteiger partial charge is 0.267 e. The lowest BCUT2D eigenvalue weighted by molar-refractivity contribution is -0.143. The Labute approximate surface area is 171 Å². The SMILES string of the molecule is Cn1nc(-c2ccc(/C=N/NC(=O)c3ccc(Cl)cc3Cl)s2)cc1C(F)(F)F. The summed E-state index contributed by atoms with van der Waals surface area (Å²) in [6.07, 6.45) is -3.10. The summed E-state index contributed by atoms with van der Waals surface area (Å²) in [6.45, 7) is 0. The molecule has 28 heavy (non-hydrogen) atoms. The fourth-order valence-electron chi connectivity index (χ4n) is 2.30. The third kappa shape index (κ3) is 4.54. The molecule has 0 aliphatic heterocycles. The Hall–Kier alpha value is -2.36. The van der Waals surface area contributed by atoms with Gasteiger partial charge in [0.1, 0.15) is 11.4 Å². The number of nitrogens with zero attached hydrogens (tertiary/aromatic N) is 3. The van der Waals surface area contributed by atoms with Gasteiger partial charge < -0.3 is 0 Å². The fourth-order valence-corrected chi connectivity index (χ4v) is 3.63. The van der Waals surface area contributed by atoms with Crippen LogP contribution in [-0.2, 0) is 13.2 Å². The topological polar surface area (TPSA) is 59.3 Å². The quantitative estimate of drug-likeness (QED) is 0.440. The largest absolute Gasteiger partial charge is 0.433 e. The lowest BCUT2D eigenvalue weighted by Crippen LogP contribution is -2.17. The molecule has 1 N–H and O–H groups in total. The van der Waals surface area contributed by atoms with Crippen molar-refractivity contribution in [2.45, 2.75) is 6.18 Å². The third-order valence-corrected chi connectivity index (χ3v) is 5.17. The number of benzene rings is 1. The van der Waals surface area contributed by atoms with E-state index in [2.05, 4.69) is 15.6 Å². The highest BCUT2D eigenvalue weighted by atomic mass is 35.5. The van der Waals surface area contributed by atoms with Crippen LogP contribution in [0.4, 0.5) is 13.2 Å². The normalized spacial score (nSPS) is 11.9. The molecule has 5 nitrogen and oxygen atoms in total. The summed E-state index contributed by atoms with van der Waals surface area (Å²) in [4.78, 5) is 13.2. The van der Waals surface area contributed by atoms with Crippen LogP contribution in [0, 0.1) is 0 Å². The predicted molar refractivity (Wildman–Crippen MR) is 103 cm³/mol. The van der Waals surface area contributed by atoms with E-state index in [9.17, 15) is 18.0 Å². The van der Waals surface area contributed by atoms with Crippen molar-refractivity contribution in [2.75, 3.05) is 0 Å². The number of aryl methyl sites for hydroxylation is 1. The first kappa shape index (κ1) is 20.4. The molecule has 0 bridgehead atoms. The molecule has 0 fully saturated rings. The first-order chi connectivity index (χ1) is 13.1. The van der Waals surface area contributed by atoms with Gasteiger partial charge in [-0.2, -0.15) is 23.4 Å². The Morgan fingerprint density at radius 3 is 2.64 bits per heavy atom. The van der Waals surface area contributed by atoms with Gasteiger partial charge in [-0.3, -0.25) is 9.48 Å². The highest BCUT2D eigenvalue weighted by molar-refractivity contribution is 7.17. The first-order valence-electron chi connectivity index (χ1n) is 7.65. The minimum absolute atomic E-state index is 0.189. The Kier molecular flexibility index (Phi) is 5.78. The lowest BCUT2D eigenvalue weighted by atomic mass is 10.2. The van der Waals surface area contributed by atoms with E-state index in [0.29, 0.717) is 14.8 Å². The molecule has 3 aromatic rings. The highest BCUT2D eigenvalue weighted by Gasteiger charge is 2.35. The molecule has 0 unspecified atom stereocenters. The number of hydrogen-bond acceptors (Lipinski definition) is 4. The Morgan fingerprint density at radius 1 is 1.25 bits per heavy atom. The number of halogens is 5. The predicted octanol–water partition coefficient (Wildman–Crippen LogP) is 5.24. The number of thiophene rings is 1. The summed E-state index contributed by atoms with van der Waals surface area (Å²) in [5.74, 6) is -0.519. The fraction of sp³-hybridized carbons (Fsp3) is 0.118. The van der Waals surface area contributed by atoms with Crippen LogP contribution >= 0.6 is 34.5 Å². The minimum Gasteiger partial charge on any atom is -0.267 e. The van der Waals surface area contributed by atoms with Crippen LogP contribution in [0.5, 0.6) is 0 Å². The minimum atomic E-state index is -4.48. The molecule has 11 heteroatoms. The van der Waals surface area contributed by atoms with Gasteiger partial charge in [0.05, 0.1) is 21.7 Å². The number of aromatic nitrogens is 2. The highest BCUT2D eigenvalue weighted by Crippen LogP contribution is 2.33. The van der Waals surface area contributed by atoms with E-state index in [-0.39, 0.29) is 16.3 Å². The molecule has 0 aliphatic rings. The summed E-state index contributed by atoms with van der Waals surface area (Å²) in [7, 11) is 1.24. The lowest BCUT2D eigenvalue weighted by Gasteiger charge is -2.04. The van der Waals surface area contributed by atoms with E-state index in [1.807, 2.05) is 0 Å². The molecule has 0 saturated carbocycles. The van der Waals surface area contributed by atoms with E-state index in [0.717, 1.165) is 10.7 Å². The average Bonchev–Trinajstić information content (AvgIpc) is 3.20. The molecule has 146 valence electrons. The van der Waals surface area contributed by atoms with Crippen molar-refractivity contribution in [3.63, 3.8) is 0 Å². The van der Waals surface area contributed by atoms with Crippen LogP contribution in [0.25, 0.3) is 10.6 Å². The van der Waals surface area contributed by atoms with Crippen molar-refractivity contribution >= 4 is 46.7 Å². The summed E-state index contributed by atoms with van der Waals surface area (Å²) in [6, 6.07) is 8.71. The van der Waals surface area contributed by atoms with Gasteiger partial charge in [0.2, 0.25) is 0 Å². The van der Waals surface area contributed by atoms with E-state index < -0.39 is 17.8 Å². The number of hydrazone groups is 1. The average molecular weight is 447 g/mol. The summed E-state index contributed by atoms with van der Waals surface area (Å²) in [5, 5.41) is 8.32. The molecule has 1 aromatic carbocycles. The van der Waals surface area contributed by atoms with Crippen LogP contribution in [0.1, 0.15) is 20.9 Å². The van der Waals surface area contributed by atoms with Gasteiger partial charge in [-0.15, -0.1) is 11.3 Å². The van der Waals surface area contributed by atoms with Crippen molar-refractivity contribution in [3.05, 3.63) is 62.6 Å². The van der Waals surface area contributed by atoms with Crippen molar-refractivity contribution in [2.24, 2.45) is 12.1 Å². The molecular formula is C17H11Cl2F3N4OS. The van der Waals surface area contributed by atoms with Gasteiger partial charge in [-0.25, -0.2) is 5.43 Å². The summed E-state index contributed by atoms with van der Waals surface area (Å²) in [5.41, 5.74) is 1.91. The second-order valence-corrected chi connectivity index (χ2v) is 7.52. The van der Waals surface area contributed by atoms with Crippen LogP contribution in [-0.4, -0.2) is 21.9 Å². The van der Waals surface area contributed by atoms with Gasteiger partial charge in [0, 0.05) is 16.9 Å². The number of hydrogen-bond donors (Lipinski definition) is 1. The van der Waals surface area contributed by atoms with Crippen molar-refractivity contribution in [1.82, 2.24) is 15.2 Å². The molecule has 0 radical (unpaired) electrons. The number of alkyl halides is 3. The number of carbonyl (C=O) groups excluding carboxylic acids is 1. The molecule has 0 spiro atoms. The first-order valence-corrected chi connectivity index (χ1v) is 9.22. The number of amides is 1. The molecule has 0 saturated heterocycles. The van der Waals surface area contributed by atoms with Gasteiger partial charge >= 0.3 is 6.18 Å². The Bertz CT molecular complexity index is 1060. The maximum absolute atomic E-state index is 12.9. The van der Waals surface area contributed by atoms with Crippen LogP contribution in [0.15, 0.2) is 41.5 Å². The molecular weight excluding hydrogens is 436 g/mol. The Morgan fingerprint density at radius 2 is 2.00 bits per heavy atom. The Balaban J connectivity index is 1.70. The van der Waals surface area contributed by atoms with E-state index >= 15 is 0 Å². The van der Waals surface area contributed by atoms with Gasteiger partial charge in [-0.05, 0) is 36.4 Å². The molecule has 0 atom stereocenters. The molecule has 0 aliphatic carbocycles. The molecule has 2 heterocycles. The van der Waals surface area contributed by atoms with Crippen molar-refractivity contribution < 1.29 is 18.0 Å². The standard InChI is InChI=1S/C17H11Cl2F3N4OS/c1-26-15(17(20,21)22)7-13(25-26)14-5-3-10(28-14)8-23-24-16(27)11-4-2-9(18)6-12(11)19/h2-8H,1H3,(H,24,27)/b23-8+. The number of nitrogens with one attached hydrogen (secondary N) is 1. The monoisotopic (exact) mass is 446 g/mol. The van der Waals surface area contributed by atoms with Gasteiger partial charge in [-0.1, -0.05) is 23.2 Å². The van der Waals surface area contributed by atoms with E-state index in [4.69, 9.17) is 23.2 Å². The second kappa shape index (κ2) is 7.94. The van der Waals surface area contributed by atoms with E-state index in [1.54, 1.807) is 12.1 Å². The summed E-state index contributed by atoms with van der Waals surface area (Å²) < 4.78 is 39.4. The number of rotatable bonds is 4. The van der Waals surface area contributed by atoms with Crippen LogP contribution < -0.4 is 5.43 Å². The van der Waals surface area contributed by atoms with Gasteiger partial charge in [0.25, 0.3) is 5.91 Å². The zero-order valence-corrected chi connectivity index (χ0v) is 16.4. The van der Waals surface area contributed by atoms with Crippen LogP contribution in [0.2, 0.25) is 10.0 Å². The molecule has 1 amide bonds. The zero-order valence-electron chi connectivity index (χ0n) is 14.1. The van der Waals surface area contributed by atoms with Crippen molar-refractivity contribution in [3.8, 4) is 10.6 Å². The van der Waals surface area contributed by atoms with E-state index in [1.165, 1.54) is 42.8 Å². The maximum atomic E-state index is 12.9. The zero-order chi connectivity index (χ0) is 20.5. The van der Waals surface area contributed by atoms with Crippen molar-refractivity contribution in [1.29, 1.82) is 0 Å². The van der Waals surface area contributed by atoms with Crippen LogP contribution in [0.3, 0.4) is 0 Å². The maximum Gasteiger partial charge on any atom is 0.433 e. The molecule has 3 rings (SSSR count).